The Morgan fingerprint density at radius 3 is 2.08 bits per heavy atom. The Hall–Kier alpha value is -0.0400. The van der Waals surface area contributed by atoms with Crippen LogP contribution < -0.4 is 5.32 Å². The van der Waals surface area contributed by atoms with E-state index in [1.807, 2.05) is 0 Å². The Balaban J connectivity index is 1.72. The molecule has 1 heteroatoms. The Bertz CT molecular complexity index is 148. The lowest BCUT2D eigenvalue weighted by Gasteiger charge is -2.47. The predicted octanol–water partition coefficient (Wildman–Crippen LogP) is 2.71. The summed E-state index contributed by atoms with van der Waals surface area (Å²) in [5.41, 5.74) is 0.729. The Kier molecular flexibility index (Phi) is 2.16. The zero-order valence-corrected chi connectivity index (χ0v) is 8.40. The van der Waals surface area contributed by atoms with Gasteiger partial charge in [-0.3, -0.25) is 0 Å². The maximum atomic E-state index is 3.71. The molecular weight excluding hydrogens is 146 g/mol. The maximum absolute atomic E-state index is 3.71. The third-order valence-corrected chi connectivity index (χ3v) is 3.91. The van der Waals surface area contributed by atoms with Crippen molar-refractivity contribution in [1.29, 1.82) is 0 Å². The molecule has 0 saturated heterocycles. The van der Waals surface area contributed by atoms with Gasteiger partial charge in [-0.25, -0.2) is 0 Å². The van der Waals surface area contributed by atoms with Gasteiger partial charge in [0.05, 0.1) is 0 Å². The molecule has 0 unspecified atom stereocenters. The second-order valence-electron chi connectivity index (χ2n) is 4.75. The van der Waals surface area contributed by atoms with Gasteiger partial charge in [0.15, 0.2) is 0 Å². The molecule has 2 aliphatic rings. The van der Waals surface area contributed by atoms with Gasteiger partial charge in [0.25, 0.3) is 0 Å². The summed E-state index contributed by atoms with van der Waals surface area (Å²) in [5, 5.41) is 3.71. The van der Waals surface area contributed by atoms with Gasteiger partial charge in [0.2, 0.25) is 0 Å². The molecule has 2 aliphatic carbocycles. The van der Waals surface area contributed by atoms with Crippen molar-refractivity contribution in [3.63, 3.8) is 0 Å². The zero-order valence-electron chi connectivity index (χ0n) is 8.40. The molecule has 0 aliphatic heterocycles. The molecule has 70 valence electrons. The molecule has 0 aromatic rings. The molecule has 0 atom stereocenters. The van der Waals surface area contributed by atoms with Gasteiger partial charge in [-0.05, 0) is 31.1 Å². The number of rotatable bonds is 4. The molecule has 2 saturated carbocycles. The summed E-state index contributed by atoms with van der Waals surface area (Å²) in [6, 6.07) is 1.78. The van der Waals surface area contributed by atoms with Crippen molar-refractivity contribution in [3.05, 3.63) is 0 Å². The van der Waals surface area contributed by atoms with Crippen LogP contribution >= 0.6 is 0 Å². The quantitative estimate of drug-likeness (QED) is 0.679. The van der Waals surface area contributed by atoms with E-state index in [2.05, 4.69) is 19.2 Å². The molecule has 1 N–H and O–H groups in total. The average Bonchev–Trinajstić information content (AvgIpc) is 2.79. The van der Waals surface area contributed by atoms with E-state index < -0.39 is 0 Å². The summed E-state index contributed by atoms with van der Waals surface area (Å²) in [5.74, 6) is 0. The second-order valence-corrected chi connectivity index (χ2v) is 4.75. The molecule has 0 amide bonds. The summed E-state index contributed by atoms with van der Waals surface area (Å²) in [6.45, 7) is 4.69. The van der Waals surface area contributed by atoms with Gasteiger partial charge in [0, 0.05) is 12.1 Å². The first-order chi connectivity index (χ1) is 5.78. The van der Waals surface area contributed by atoms with E-state index in [0.29, 0.717) is 0 Å². The van der Waals surface area contributed by atoms with Crippen LogP contribution in [0.25, 0.3) is 0 Å². The number of hydrogen-bond acceptors (Lipinski definition) is 1. The minimum atomic E-state index is 0.729. The van der Waals surface area contributed by atoms with Gasteiger partial charge in [-0.2, -0.15) is 0 Å². The van der Waals surface area contributed by atoms with Crippen molar-refractivity contribution in [2.45, 2.75) is 64.5 Å². The highest BCUT2D eigenvalue weighted by molar-refractivity contribution is 4.99. The predicted molar refractivity (Wildman–Crippen MR) is 52.2 cm³/mol. The van der Waals surface area contributed by atoms with Gasteiger partial charge in [-0.1, -0.05) is 26.7 Å². The lowest BCUT2D eigenvalue weighted by atomic mass is 9.62. The van der Waals surface area contributed by atoms with Crippen molar-refractivity contribution in [2.75, 3.05) is 0 Å². The first kappa shape index (κ1) is 8.55. The maximum Gasteiger partial charge on any atom is 0.00802 e. The zero-order chi connectivity index (χ0) is 8.60. The SMILES string of the molecule is CCC1(CC)CC(NC2CC2)C1. The first-order valence-electron chi connectivity index (χ1n) is 5.54. The number of hydrogen-bond donors (Lipinski definition) is 1. The van der Waals surface area contributed by atoms with Crippen molar-refractivity contribution in [2.24, 2.45) is 5.41 Å². The lowest BCUT2D eigenvalue weighted by molar-refractivity contribution is 0.0712. The Labute approximate surface area is 75.9 Å². The first-order valence-corrected chi connectivity index (χ1v) is 5.54. The van der Waals surface area contributed by atoms with Crippen LogP contribution in [0.5, 0.6) is 0 Å². The van der Waals surface area contributed by atoms with E-state index in [9.17, 15) is 0 Å². The summed E-state index contributed by atoms with van der Waals surface area (Å²) in [6.07, 6.45) is 8.51. The second kappa shape index (κ2) is 3.02. The minimum Gasteiger partial charge on any atom is -0.311 e. The van der Waals surface area contributed by atoms with Crippen LogP contribution in [-0.2, 0) is 0 Å². The number of nitrogens with one attached hydrogen (secondary N) is 1. The van der Waals surface area contributed by atoms with Gasteiger partial charge >= 0.3 is 0 Å². The average molecular weight is 167 g/mol. The fourth-order valence-electron chi connectivity index (χ4n) is 2.51. The molecule has 0 aromatic carbocycles. The summed E-state index contributed by atoms with van der Waals surface area (Å²) < 4.78 is 0. The van der Waals surface area contributed by atoms with Crippen LogP contribution in [0.15, 0.2) is 0 Å². The highest BCUT2D eigenvalue weighted by atomic mass is 15.0. The fraction of sp³-hybridized carbons (Fsp3) is 1.00. The third-order valence-electron chi connectivity index (χ3n) is 3.91. The molecule has 0 radical (unpaired) electrons. The highest BCUT2D eigenvalue weighted by Gasteiger charge is 2.42. The van der Waals surface area contributed by atoms with Gasteiger partial charge in [0.1, 0.15) is 0 Å². The van der Waals surface area contributed by atoms with Crippen molar-refractivity contribution in [1.82, 2.24) is 5.32 Å². The van der Waals surface area contributed by atoms with E-state index in [-0.39, 0.29) is 0 Å². The molecule has 2 rings (SSSR count). The van der Waals surface area contributed by atoms with E-state index >= 15 is 0 Å². The standard InChI is InChI=1S/C11H21N/c1-3-11(4-2)7-10(8-11)12-9-5-6-9/h9-10,12H,3-8H2,1-2H3. The van der Waals surface area contributed by atoms with Crippen LogP contribution in [0, 0.1) is 5.41 Å². The molecule has 0 heterocycles. The van der Waals surface area contributed by atoms with Crippen LogP contribution in [-0.4, -0.2) is 12.1 Å². The van der Waals surface area contributed by atoms with Crippen molar-refractivity contribution >= 4 is 0 Å². The largest absolute Gasteiger partial charge is 0.311 e. The molecule has 2 fully saturated rings. The van der Waals surface area contributed by atoms with E-state index in [1.54, 1.807) is 0 Å². The molecule has 0 spiro atoms. The monoisotopic (exact) mass is 167 g/mol. The van der Waals surface area contributed by atoms with Gasteiger partial charge < -0.3 is 5.32 Å². The minimum absolute atomic E-state index is 0.729. The normalized spacial score (nSPS) is 28.5. The summed E-state index contributed by atoms with van der Waals surface area (Å²) >= 11 is 0. The lowest BCUT2D eigenvalue weighted by Crippen LogP contribution is -2.49. The van der Waals surface area contributed by atoms with Crippen LogP contribution in [0.1, 0.15) is 52.4 Å². The van der Waals surface area contributed by atoms with Crippen LogP contribution in [0.4, 0.5) is 0 Å². The molecule has 0 bridgehead atoms. The Morgan fingerprint density at radius 1 is 1.08 bits per heavy atom. The van der Waals surface area contributed by atoms with Crippen LogP contribution in [0.3, 0.4) is 0 Å². The molecule has 12 heavy (non-hydrogen) atoms. The van der Waals surface area contributed by atoms with Gasteiger partial charge in [-0.15, -0.1) is 0 Å². The summed E-state index contributed by atoms with van der Waals surface area (Å²) in [4.78, 5) is 0. The van der Waals surface area contributed by atoms with Crippen molar-refractivity contribution < 1.29 is 0 Å². The fourth-order valence-corrected chi connectivity index (χ4v) is 2.51. The van der Waals surface area contributed by atoms with E-state index in [1.165, 1.54) is 38.5 Å². The van der Waals surface area contributed by atoms with E-state index in [0.717, 1.165) is 17.5 Å². The topological polar surface area (TPSA) is 12.0 Å². The molecule has 0 aromatic heterocycles. The Morgan fingerprint density at radius 2 is 1.67 bits per heavy atom. The molecule has 1 nitrogen and oxygen atoms in total. The molecular formula is C11H21N. The van der Waals surface area contributed by atoms with Crippen molar-refractivity contribution in [3.8, 4) is 0 Å². The van der Waals surface area contributed by atoms with Crippen LogP contribution in [0.2, 0.25) is 0 Å². The third kappa shape index (κ3) is 1.52. The smallest absolute Gasteiger partial charge is 0.00802 e. The van der Waals surface area contributed by atoms with E-state index in [4.69, 9.17) is 0 Å². The highest BCUT2D eigenvalue weighted by Crippen LogP contribution is 2.47. The summed E-state index contributed by atoms with van der Waals surface area (Å²) in [7, 11) is 0.